The minimum Gasteiger partial charge on any atom is -0.303 e. The molecule has 0 amide bonds. The second kappa shape index (κ2) is 6.50. The molecule has 0 heterocycles. The number of aryl methyl sites for hydroxylation is 1. The quantitative estimate of drug-likeness (QED) is 0.657. The molecule has 0 bridgehead atoms. The highest BCUT2D eigenvalue weighted by atomic mass is 16.6. The average molecular weight is 284 g/mol. The van der Waals surface area contributed by atoms with Crippen LogP contribution in [-0.4, -0.2) is 4.92 Å². The molecule has 0 aliphatic carbocycles. The topological polar surface area (TPSA) is 55.2 Å². The average Bonchev–Trinajstić information content (AvgIpc) is 2.47. The molecule has 21 heavy (non-hydrogen) atoms. The number of nitrogens with zero attached hydrogens (tertiary/aromatic N) is 1. The molecule has 4 heteroatoms. The SMILES string of the molecule is Cc1ccccc1[C@H](C)NC(C)c1ccccc1[N+](=O)[O-]. The summed E-state index contributed by atoms with van der Waals surface area (Å²) in [5.74, 6) is 0. The largest absolute Gasteiger partial charge is 0.303 e. The summed E-state index contributed by atoms with van der Waals surface area (Å²) in [5.41, 5.74) is 3.30. The van der Waals surface area contributed by atoms with Crippen molar-refractivity contribution in [2.24, 2.45) is 0 Å². The van der Waals surface area contributed by atoms with Gasteiger partial charge in [0.25, 0.3) is 5.69 Å². The Bertz CT molecular complexity index is 640. The summed E-state index contributed by atoms with van der Waals surface area (Å²) in [4.78, 5) is 10.8. The molecule has 110 valence electrons. The van der Waals surface area contributed by atoms with Crippen molar-refractivity contribution in [1.29, 1.82) is 0 Å². The maximum absolute atomic E-state index is 11.1. The maximum atomic E-state index is 11.1. The molecule has 0 aliphatic rings. The maximum Gasteiger partial charge on any atom is 0.274 e. The molecule has 0 aromatic heterocycles. The van der Waals surface area contributed by atoms with Crippen LogP contribution in [0.25, 0.3) is 0 Å². The van der Waals surface area contributed by atoms with Crippen LogP contribution in [0.2, 0.25) is 0 Å². The first-order chi connectivity index (χ1) is 10.0. The van der Waals surface area contributed by atoms with Gasteiger partial charge in [-0.25, -0.2) is 0 Å². The van der Waals surface area contributed by atoms with Crippen LogP contribution >= 0.6 is 0 Å². The van der Waals surface area contributed by atoms with Crippen LogP contribution < -0.4 is 5.32 Å². The third kappa shape index (κ3) is 3.47. The van der Waals surface area contributed by atoms with Crippen molar-refractivity contribution < 1.29 is 4.92 Å². The highest BCUT2D eigenvalue weighted by Gasteiger charge is 2.20. The molecule has 1 N–H and O–H groups in total. The van der Waals surface area contributed by atoms with Gasteiger partial charge >= 0.3 is 0 Å². The van der Waals surface area contributed by atoms with E-state index in [9.17, 15) is 10.1 Å². The van der Waals surface area contributed by atoms with E-state index in [2.05, 4.69) is 31.3 Å². The first kappa shape index (κ1) is 15.2. The van der Waals surface area contributed by atoms with Crippen molar-refractivity contribution in [2.45, 2.75) is 32.9 Å². The van der Waals surface area contributed by atoms with Crippen LogP contribution in [0.3, 0.4) is 0 Å². The zero-order valence-corrected chi connectivity index (χ0v) is 12.5. The zero-order chi connectivity index (χ0) is 15.4. The number of nitro groups is 1. The summed E-state index contributed by atoms with van der Waals surface area (Å²) in [6.07, 6.45) is 0. The summed E-state index contributed by atoms with van der Waals surface area (Å²) in [7, 11) is 0. The molecule has 0 saturated heterocycles. The molecule has 4 nitrogen and oxygen atoms in total. The van der Waals surface area contributed by atoms with Crippen LogP contribution in [0, 0.1) is 17.0 Å². The molecule has 2 aromatic rings. The Morgan fingerprint density at radius 2 is 1.48 bits per heavy atom. The zero-order valence-electron chi connectivity index (χ0n) is 12.5. The molecular formula is C17H20N2O2. The normalized spacial score (nSPS) is 13.7. The van der Waals surface area contributed by atoms with E-state index in [1.807, 2.05) is 25.1 Å². The van der Waals surface area contributed by atoms with Gasteiger partial charge in [-0.3, -0.25) is 10.1 Å². The van der Waals surface area contributed by atoms with Crippen molar-refractivity contribution >= 4 is 5.69 Å². The van der Waals surface area contributed by atoms with E-state index >= 15 is 0 Å². The Morgan fingerprint density at radius 3 is 2.10 bits per heavy atom. The van der Waals surface area contributed by atoms with Crippen molar-refractivity contribution in [3.05, 3.63) is 75.3 Å². The monoisotopic (exact) mass is 284 g/mol. The Hall–Kier alpha value is -2.20. The van der Waals surface area contributed by atoms with E-state index in [-0.39, 0.29) is 22.7 Å². The summed E-state index contributed by atoms with van der Waals surface area (Å²) < 4.78 is 0. The van der Waals surface area contributed by atoms with Crippen molar-refractivity contribution in [3.63, 3.8) is 0 Å². The predicted octanol–water partition coefficient (Wildman–Crippen LogP) is 4.32. The second-order valence-corrected chi connectivity index (χ2v) is 5.28. The van der Waals surface area contributed by atoms with Gasteiger partial charge in [-0.15, -0.1) is 0 Å². The molecule has 1 unspecified atom stereocenters. The van der Waals surface area contributed by atoms with Crippen LogP contribution in [0.1, 0.15) is 42.6 Å². The number of nitrogens with one attached hydrogen (secondary N) is 1. The van der Waals surface area contributed by atoms with E-state index < -0.39 is 0 Å². The van der Waals surface area contributed by atoms with Crippen LogP contribution in [0.4, 0.5) is 5.69 Å². The van der Waals surface area contributed by atoms with E-state index in [0.29, 0.717) is 5.56 Å². The van der Waals surface area contributed by atoms with E-state index in [1.54, 1.807) is 18.2 Å². The Kier molecular flexibility index (Phi) is 4.70. The number of hydrogen-bond acceptors (Lipinski definition) is 3. The van der Waals surface area contributed by atoms with Gasteiger partial charge in [-0.05, 0) is 31.9 Å². The first-order valence-electron chi connectivity index (χ1n) is 7.05. The van der Waals surface area contributed by atoms with Crippen molar-refractivity contribution in [1.82, 2.24) is 5.32 Å². The molecule has 0 fully saturated rings. The lowest BCUT2D eigenvalue weighted by atomic mass is 10.00. The van der Waals surface area contributed by atoms with Gasteiger partial charge in [0.2, 0.25) is 0 Å². The Labute approximate surface area is 125 Å². The van der Waals surface area contributed by atoms with Crippen molar-refractivity contribution in [2.75, 3.05) is 0 Å². The van der Waals surface area contributed by atoms with Crippen LogP contribution in [0.15, 0.2) is 48.5 Å². The summed E-state index contributed by atoms with van der Waals surface area (Å²) >= 11 is 0. The predicted molar refractivity (Wildman–Crippen MR) is 84.2 cm³/mol. The van der Waals surface area contributed by atoms with Crippen LogP contribution in [-0.2, 0) is 0 Å². The molecule has 2 rings (SSSR count). The van der Waals surface area contributed by atoms with Gasteiger partial charge in [0.05, 0.1) is 4.92 Å². The minimum absolute atomic E-state index is 0.0961. The van der Waals surface area contributed by atoms with Gasteiger partial charge in [0.15, 0.2) is 0 Å². The van der Waals surface area contributed by atoms with E-state index in [1.165, 1.54) is 11.1 Å². The summed E-state index contributed by atoms with van der Waals surface area (Å²) in [5, 5.41) is 14.6. The van der Waals surface area contributed by atoms with Gasteiger partial charge in [-0.1, -0.05) is 42.5 Å². The lowest BCUT2D eigenvalue weighted by Gasteiger charge is -2.22. The Balaban J connectivity index is 2.21. The van der Waals surface area contributed by atoms with Gasteiger partial charge in [-0.2, -0.15) is 0 Å². The van der Waals surface area contributed by atoms with Gasteiger partial charge in [0.1, 0.15) is 0 Å². The van der Waals surface area contributed by atoms with Gasteiger partial charge < -0.3 is 5.32 Å². The fourth-order valence-electron chi connectivity index (χ4n) is 2.65. The molecule has 0 radical (unpaired) electrons. The fourth-order valence-corrected chi connectivity index (χ4v) is 2.65. The Morgan fingerprint density at radius 1 is 0.952 bits per heavy atom. The molecule has 2 atom stereocenters. The number of nitro benzene ring substituents is 1. The number of hydrogen-bond donors (Lipinski definition) is 1. The fraction of sp³-hybridized carbons (Fsp3) is 0.294. The smallest absolute Gasteiger partial charge is 0.274 e. The first-order valence-corrected chi connectivity index (χ1v) is 7.05. The molecule has 0 aliphatic heterocycles. The lowest BCUT2D eigenvalue weighted by molar-refractivity contribution is -0.385. The van der Waals surface area contributed by atoms with Crippen LogP contribution in [0.5, 0.6) is 0 Å². The second-order valence-electron chi connectivity index (χ2n) is 5.28. The van der Waals surface area contributed by atoms with Crippen molar-refractivity contribution in [3.8, 4) is 0 Å². The summed E-state index contributed by atoms with van der Waals surface area (Å²) in [6.45, 7) is 6.11. The molecule has 0 spiro atoms. The highest BCUT2D eigenvalue weighted by Crippen LogP contribution is 2.27. The van der Waals surface area contributed by atoms with E-state index in [4.69, 9.17) is 0 Å². The van der Waals surface area contributed by atoms with Gasteiger partial charge in [0, 0.05) is 23.7 Å². The number of para-hydroxylation sites is 1. The minimum atomic E-state index is -0.327. The van der Waals surface area contributed by atoms with E-state index in [0.717, 1.165) is 0 Å². The molecular weight excluding hydrogens is 264 g/mol. The number of rotatable bonds is 5. The summed E-state index contributed by atoms with van der Waals surface area (Å²) in [6, 6.07) is 15.1. The molecule has 0 saturated carbocycles. The molecule has 2 aromatic carbocycles. The third-order valence-electron chi connectivity index (χ3n) is 3.75. The number of benzene rings is 2. The standard InChI is InChI=1S/C17H20N2O2/c1-12-8-4-5-9-15(12)13(2)18-14(3)16-10-6-7-11-17(16)19(20)21/h4-11,13-14,18H,1-3H3/t13-,14?/m0/s1. The lowest BCUT2D eigenvalue weighted by Crippen LogP contribution is -2.23. The highest BCUT2D eigenvalue weighted by molar-refractivity contribution is 5.42. The third-order valence-corrected chi connectivity index (χ3v) is 3.75.